The molecule has 0 radical (unpaired) electrons. The molecule has 4 heteroatoms. The van der Waals surface area contributed by atoms with Gasteiger partial charge < -0.3 is 0 Å². The van der Waals surface area contributed by atoms with Crippen LogP contribution in [0.2, 0.25) is 0 Å². The molecule has 0 amide bonds. The zero-order valence-electron chi connectivity index (χ0n) is 1.45. The second kappa shape index (κ2) is 1.59. The van der Waals surface area contributed by atoms with E-state index < -0.39 is 14.7 Å². The van der Waals surface area contributed by atoms with Crippen LogP contribution in [0.1, 0.15) is 0 Å². The van der Waals surface area contributed by atoms with Crippen molar-refractivity contribution in [3.63, 3.8) is 0 Å². The van der Waals surface area contributed by atoms with Gasteiger partial charge in [-0.3, -0.25) is 0 Å². The average Bonchev–Trinajstić information content (AvgIpc) is 0.811. The second-order valence-electron chi connectivity index (χ2n) is 0.136. The summed E-state index contributed by atoms with van der Waals surface area (Å²) in [5.74, 6) is 0. The van der Waals surface area contributed by atoms with Gasteiger partial charge in [-0.15, -0.1) is 0 Å². The minimum atomic E-state index is -3.96. The molecule has 0 atom stereocenters. The first kappa shape index (κ1) is 4.28. The van der Waals surface area contributed by atoms with E-state index in [1.165, 1.54) is 0 Å². The van der Waals surface area contributed by atoms with Crippen LogP contribution in [0.15, 0.2) is 0 Å². The molecule has 0 nitrogen and oxygen atoms in total. The van der Waals surface area contributed by atoms with Gasteiger partial charge in [-0.2, -0.15) is 0 Å². The van der Waals surface area contributed by atoms with Crippen molar-refractivity contribution in [3.05, 3.63) is 0 Å². The monoisotopic (exact) mass is 115 g/mol. The van der Waals surface area contributed by atoms with Crippen molar-refractivity contribution >= 4 is 0 Å². The van der Waals surface area contributed by atoms with Gasteiger partial charge in [-0.1, -0.05) is 0 Å². The number of rotatable bonds is 0. The van der Waals surface area contributed by atoms with Crippen molar-refractivity contribution < 1.29 is 25.6 Å². The van der Waals surface area contributed by atoms with Crippen LogP contribution in [0.5, 0.6) is 0 Å². The first-order valence-corrected chi connectivity index (χ1v) is 1.48. The van der Waals surface area contributed by atoms with Crippen LogP contribution in [0.25, 0.3) is 0 Å². The van der Waals surface area contributed by atoms with Gasteiger partial charge in [-0.25, -0.2) is 0 Å². The second-order valence-corrected chi connectivity index (χ2v) is 0.559. The Bertz CT molecular complexity index is 8.00. The summed E-state index contributed by atoms with van der Waals surface area (Å²) in [6, 6.07) is 0. The van der Waals surface area contributed by atoms with Crippen LogP contribution in [-0.2, 0) is 14.7 Å². The molecule has 0 fully saturated rings. The Hall–Kier alpha value is 0.284. The van der Waals surface area contributed by atoms with Gasteiger partial charge in [-0.05, 0) is 0 Å². The predicted molar refractivity (Wildman–Crippen MR) is 3.32 cm³/mol. The molecule has 0 aromatic heterocycles. The van der Waals surface area contributed by atoms with E-state index in [9.17, 15) is 10.8 Å². The molecule has 32 valence electrons. The Morgan fingerprint density at radius 1 is 1.00 bits per heavy atom. The van der Waals surface area contributed by atoms with Crippen LogP contribution in [0.3, 0.4) is 0 Å². The third kappa shape index (κ3) is 46.8. The van der Waals surface area contributed by atoms with Crippen molar-refractivity contribution in [2.75, 3.05) is 0 Å². The molecule has 0 aromatic carbocycles. The summed E-state index contributed by atoms with van der Waals surface area (Å²) < 4.78 is 29.1. The molecule has 0 bridgehead atoms. The Morgan fingerprint density at radius 2 is 1.00 bits per heavy atom. The van der Waals surface area contributed by atoms with E-state index in [4.69, 9.17) is 0 Å². The van der Waals surface area contributed by atoms with E-state index >= 15 is 0 Å². The van der Waals surface area contributed by atoms with E-state index in [-0.39, 0.29) is 0 Å². The average molecular weight is 116 g/mol. The van der Waals surface area contributed by atoms with Crippen molar-refractivity contribution in [1.82, 2.24) is 0 Å². The van der Waals surface area contributed by atoms with E-state index in [0.717, 1.165) is 0 Å². The summed E-state index contributed by atoms with van der Waals surface area (Å²) >= 11 is -3.96. The Labute approximate surface area is 26.6 Å². The maximum absolute atomic E-state index is 9.71. The molecule has 0 aromatic rings. The fourth-order valence-corrected chi connectivity index (χ4v) is 0. The summed E-state index contributed by atoms with van der Waals surface area (Å²) in [6.45, 7) is 0. The van der Waals surface area contributed by atoms with E-state index in [1.807, 2.05) is 0 Å². The first-order valence-electron chi connectivity index (χ1n) is 0.359. The van der Waals surface area contributed by atoms with Gasteiger partial charge in [0.25, 0.3) is 0 Å². The van der Waals surface area contributed by atoms with Gasteiger partial charge in [0, 0.05) is 0 Å². The molecule has 0 N–H and O–H groups in total. The van der Waals surface area contributed by atoms with Gasteiger partial charge in [0.05, 0.1) is 0 Å². The molecule has 0 heterocycles. The zero-order valence-corrected chi connectivity index (χ0v) is 2.44. The molecule has 0 saturated carbocycles. The molecule has 0 unspecified atom stereocenters. The van der Waals surface area contributed by atoms with Gasteiger partial charge in [0.1, 0.15) is 0 Å². The fourth-order valence-electron chi connectivity index (χ4n) is 0. The summed E-state index contributed by atoms with van der Waals surface area (Å²) in [6.07, 6.45) is 0. The molecule has 0 spiro atoms. The zero-order chi connectivity index (χ0) is 3.58. The van der Waals surface area contributed by atoms with Gasteiger partial charge in [0.15, 0.2) is 0 Å². The molecular formula is F3Ni-. The van der Waals surface area contributed by atoms with Crippen molar-refractivity contribution in [2.24, 2.45) is 0 Å². The van der Waals surface area contributed by atoms with Crippen LogP contribution in [0, 0.1) is 0 Å². The Kier molecular flexibility index (Phi) is 1.70. The molecule has 0 saturated heterocycles. The van der Waals surface area contributed by atoms with Gasteiger partial charge >= 0.3 is 25.6 Å². The normalized spacial score (nSPS) is 11.2. The topological polar surface area (TPSA) is 0 Å². The van der Waals surface area contributed by atoms with Crippen LogP contribution in [-0.4, -0.2) is 0 Å². The van der Waals surface area contributed by atoms with E-state index in [1.54, 1.807) is 0 Å². The van der Waals surface area contributed by atoms with E-state index in [0.29, 0.717) is 0 Å². The molecule has 0 aliphatic heterocycles. The summed E-state index contributed by atoms with van der Waals surface area (Å²) in [5, 5.41) is 0. The van der Waals surface area contributed by atoms with Crippen LogP contribution < -0.4 is 0 Å². The SMILES string of the molecule is [F][Ni-]([F])[F]. The maximum atomic E-state index is 9.71. The van der Waals surface area contributed by atoms with Crippen molar-refractivity contribution in [2.45, 2.75) is 0 Å². The molecule has 0 aliphatic rings. The van der Waals surface area contributed by atoms with Crippen LogP contribution >= 0.6 is 0 Å². The molecule has 0 rings (SSSR count). The van der Waals surface area contributed by atoms with Gasteiger partial charge in [0.2, 0.25) is 0 Å². The van der Waals surface area contributed by atoms with Crippen LogP contribution in [0.4, 0.5) is 10.8 Å². The number of hydrogen-bond acceptors (Lipinski definition) is 0. The molecule has 0 aliphatic carbocycles. The number of halogens is 3. The summed E-state index contributed by atoms with van der Waals surface area (Å²) in [7, 11) is 0. The fraction of sp³-hybridized carbons (Fsp3) is 0. The Balaban J connectivity index is 2.32. The first-order chi connectivity index (χ1) is 1.73. The number of hydrogen-bond donors (Lipinski definition) is 0. The third-order valence-corrected chi connectivity index (χ3v) is 0. The van der Waals surface area contributed by atoms with E-state index in [2.05, 4.69) is 0 Å². The third-order valence-electron chi connectivity index (χ3n) is 0. The van der Waals surface area contributed by atoms with Crippen molar-refractivity contribution in [3.8, 4) is 0 Å². The predicted octanol–water partition coefficient (Wildman–Crippen LogP) is 1.26. The standard InChI is InChI=1S/3FH.Ni/h3*1H;/q;;;+2/p-3. The Morgan fingerprint density at radius 3 is 1.00 bits per heavy atom. The summed E-state index contributed by atoms with van der Waals surface area (Å²) in [4.78, 5) is 0. The van der Waals surface area contributed by atoms with Crippen molar-refractivity contribution in [1.29, 1.82) is 0 Å². The quantitative estimate of drug-likeness (QED) is 0.417. The molecule has 4 heavy (non-hydrogen) atoms. The minimum absolute atomic E-state index is 3.96. The molecular weight excluding hydrogens is 116 g/mol. The summed E-state index contributed by atoms with van der Waals surface area (Å²) in [5.41, 5.74) is 0.